The van der Waals surface area contributed by atoms with Gasteiger partial charge in [-0.1, -0.05) is 29.3 Å². The van der Waals surface area contributed by atoms with Gasteiger partial charge in [0.2, 0.25) is 5.91 Å². The van der Waals surface area contributed by atoms with Crippen molar-refractivity contribution in [2.45, 2.75) is 33.1 Å². The van der Waals surface area contributed by atoms with Crippen LogP contribution in [0.25, 0.3) is 0 Å². The maximum Gasteiger partial charge on any atom is 0.307 e. The van der Waals surface area contributed by atoms with E-state index < -0.39 is 17.8 Å². The molecule has 1 aliphatic rings. The van der Waals surface area contributed by atoms with Gasteiger partial charge in [-0.25, -0.2) is 0 Å². The molecule has 0 radical (unpaired) electrons. The lowest BCUT2D eigenvalue weighted by Gasteiger charge is -2.16. The molecule has 4 nitrogen and oxygen atoms in total. The average molecular weight is 354 g/mol. The first-order valence-electron chi connectivity index (χ1n) is 7.22. The fraction of sp³-hybridized carbons (Fsp3) is 0.500. The van der Waals surface area contributed by atoms with Gasteiger partial charge < -0.3 is 10.4 Å². The van der Waals surface area contributed by atoms with E-state index in [0.29, 0.717) is 24.4 Å². The molecular weight excluding hydrogens is 334 g/mol. The van der Waals surface area contributed by atoms with Crippen molar-refractivity contribution in [3.05, 3.63) is 28.2 Å². The zero-order chi connectivity index (χ0) is 15.6. The molecule has 0 bridgehead atoms. The Morgan fingerprint density at radius 1 is 1.33 bits per heavy atom. The minimum atomic E-state index is -0.863. The summed E-state index contributed by atoms with van der Waals surface area (Å²) in [5, 5.41) is 12.2. The third kappa shape index (κ3) is 3.64. The molecule has 2 N–H and O–H groups in total. The molecule has 0 aromatic heterocycles. The lowest BCUT2D eigenvalue weighted by Crippen LogP contribution is -2.30. The molecule has 0 saturated heterocycles. The molecule has 1 aromatic rings. The van der Waals surface area contributed by atoms with Crippen molar-refractivity contribution in [3.63, 3.8) is 0 Å². The summed E-state index contributed by atoms with van der Waals surface area (Å²) < 4.78 is 0.982. The smallest absolute Gasteiger partial charge is 0.307 e. The number of hydrogen-bond donors (Lipinski definition) is 2. The molecule has 114 valence electrons. The summed E-state index contributed by atoms with van der Waals surface area (Å²) in [7, 11) is 0. The van der Waals surface area contributed by atoms with Crippen LogP contribution in [0.3, 0.4) is 0 Å². The lowest BCUT2D eigenvalue weighted by molar-refractivity contribution is -0.145. The third-order valence-electron chi connectivity index (χ3n) is 4.32. The number of amides is 1. The average Bonchev–Trinajstić information content (AvgIpc) is 2.87. The second-order valence-electron chi connectivity index (χ2n) is 5.75. The lowest BCUT2D eigenvalue weighted by atomic mass is 9.95. The van der Waals surface area contributed by atoms with Gasteiger partial charge in [0.15, 0.2) is 0 Å². The monoisotopic (exact) mass is 353 g/mol. The number of hydrogen-bond acceptors (Lipinski definition) is 2. The molecule has 0 aliphatic heterocycles. The maximum absolute atomic E-state index is 12.4. The quantitative estimate of drug-likeness (QED) is 0.864. The van der Waals surface area contributed by atoms with Gasteiger partial charge in [-0.15, -0.1) is 0 Å². The largest absolute Gasteiger partial charge is 0.481 e. The third-order valence-corrected chi connectivity index (χ3v) is 5.21. The van der Waals surface area contributed by atoms with E-state index in [1.807, 2.05) is 32.0 Å². The minimum absolute atomic E-state index is 0.180. The normalized spacial score (nSPS) is 24.8. The first-order chi connectivity index (χ1) is 9.92. The SMILES string of the molecule is CCC1CC(C(=O)O)C(C(=O)Nc2ccc(Br)c(C)c2)C1. The number of nitrogens with one attached hydrogen (secondary N) is 1. The molecule has 1 aliphatic carbocycles. The van der Waals surface area contributed by atoms with Crippen LogP contribution in [0.15, 0.2) is 22.7 Å². The standard InChI is InChI=1S/C16H20BrNO3/c1-3-10-7-12(13(8-10)16(20)21)15(19)18-11-4-5-14(17)9(2)6-11/h4-6,10,12-13H,3,7-8H2,1-2H3,(H,18,19)(H,20,21). The Morgan fingerprint density at radius 2 is 2.00 bits per heavy atom. The summed E-state index contributed by atoms with van der Waals surface area (Å²) in [6, 6.07) is 5.57. The Balaban J connectivity index is 2.11. The predicted octanol–water partition coefficient (Wildman–Crippen LogP) is 3.83. The number of carboxylic acids is 1. The van der Waals surface area contributed by atoms with Crippen LogP contribution in [0.4, 0.5) is 5.69 Å². The number of carbonyl (C=O) groups is 2. The van der Waals surface area contributed by atoms with Gasteiger partial charge in [0, 0.05) is 10.2 Å². The zero-order valence-corrected chi connectivity index (χ0v) is 13.8. The summed E-state index contributed by atoms with van der Waals surface area (Å²) in [4.78, 5) is 23.7. The fourth-order valence-electron chi connectivity index (χ4n) is 3.00. The molecule has 0 heterocycles. The van der Waals surface area contributed by atoms with Crippen LogP contribution in [0.5, 0.6) is 0 Å². The van der Waals surface area contributed by atoms with E-state index in [4.69, 9.17) is 0 Å². The van der Waals surface area contributed by atoms with Crippen LogP contribution in [0.1, 0.15) is 31.7 Å². The summed E-state index contributed by atoms with van der Waals surface area (Å²) in [6.45, 7) is 3.99. The number of carboxylic acid groups (broad SMARTS) is 1. The summed E-state index contributed by atoms with van der Waals surface area (Å²) >= 11 is 3.42. The van der Waals surface area contributed by atoms with Crippen molar-refractivity contribution in [1.29, 1.82) is 0 Å². The Labute approximate surface area is 133 Å². The van der Waals surface area contributed by atoms with Gasteiger partial charge in [-0.05, 0) is 49.4 Å². The van der Waals surface area contributed by atoms with Crippen molar-refractivity contribution in [2.75, 3.05) is 5.32 Å². The molecule has 5 heteroatoms. The van der Waals surface area contributed by atoms with Crippen LogP contribution in [-0.4, -0.2) is 17.0 Å². The molecule has 1 amide bonds. The fourth-order valence-corrected chi connectivity index (χ4v) is 3.24. The summed E-state index contributed by atoms with van der Waals surface area (Å²) in [6.07, 6.45) is 2.18. The van der Waals surface area contributed by atoms with Crippen LogP contribution in [0.2, 0.25) is 0 Å². The molecule has 3 atom stereocenters. The number of rotatable bonds is 4. The number of halogens is 1. The summed E-state index contributed by atoms with van der Waals surface area (Å²) in [5.41, 5.74) is 1.74. The van der Waals surface area contributed by atoms with Crippen molar-refractivity contribution < 1.29 is 14.7 Å². The van der Waals surface area contributed by atoms with E-state index in [0.717, 1.165) is 16.5 Å². The van der Waals surface area contributed by atoms with Gasteiger partial charge >= 0.3 is 5.97 Å². The molecular formula is C16H20BrNO3. The second-order valence-corrected chi connectivity index (χ2v) is 6.60. The molecule has 3 unspecified atom stereocenters. The van der Waals surface area contributed by atoms with Crippen molar-refractivity contribution in [1.82, 2.24) is 0 Å². The van der Waals surface area contributed by atoms with Crippen molar-refractivity contribution >= 4 is 33.5 Å². The second kappa shape index (κ2) is 6.60. The predicted molar refractivity (Wildman–Crippen MR) is 85.1 cm³/mol. The first-order valence-corrected chi connectivity index (χ1v) is 8.01. The van der Waals surface area contributed by atoms with Gasteiger partial charge in [0.05, 0.1) is 11.8 Å². The molecule has 21 heavy (non-hydrogen) atoms. The summed E-state index contributed by atoms with van der Waals surface area (Å²) in [5.74, 6) is -1.71. The minimum Gasteiger partial charge on any atom is -0.481 e. The number of aliphatic carboxylic acids is 1. The highest BCUT2D eigenvalue weighted by Crippen LogP contribution is 2.39. The van der Waals surface area contributed by atoms with Crippen molar-refractivity contribution in [3.8, 4) is 0 Å². The molecule has 1 saturated carbocycles. The Morgan fingerprint density at radius 3 is 2.57 bits per heavy atom. The Hall–Kier alpha value is -1.36. The van der Waals surface area contributed by atoms with Crippen molar-refractivity contribution in [2.24, 2.45) is 17.8 Å². The molecule has 1 fully saturated rings. The highest BCUT2D eigenvalue weighted by molar-refractivity contribution is 9.10. The van der Waals surface area contributed by atoms with E-state index in [2.05, 4.69) is 21.2 Å². The van der Waals surface area contributed by atoms with Crippen LogP contribution < -0.4 is 5.32 Å². The van der Waals surface area contributed by atoms with Gasteiger partial charge in [0.25, 0.3) is 0 Å². The number of aryl methyl sites for hydroxylation is 1. The van der Waals surface area contributed by atoms with E-state index in [-0.39, 0.29) is 5.91 Å². The zero-order valence-electron chi connectivity index (χ0n) is 12.2. The van der Waals surface area contributed by atoms with Crippen LogP contribution >= 0.6 is 15.9 Å². The van der Waals surface area contributed by atoms with E-state index >= 15 is 0 Å². The highest BCUT2D eigenvalue weighted by Gasteiger charge is 2.42. The first kappa shape index (κ1) is 16.0. The van der Waals surface area contributed by atoms with E-state index in [9.17, 15) is 14.7 Å². The Bertz CT molecular complexity index is 558. The molecule has 0 spiro atoms. The maximum atomic E-state index is 12.4. The number of carbonyl (C=O) groups excluding carboxylic acids is 1. The molecule has 1 aromatic carbocycles. The Kier molecular flexibility index (Phi) is 5.04. The molecule has 2 rings (SSSR count). The van der Waals surface area contributed by atoms with E-state index in [1.165, 1.54) is 0 Å². The highest BCUT2D eigenvalue weighted by atomic mass is 79.9. The van der Waals surface area contributed by atoms with Gasteiger partial charge in [0.1, 0.15) is 0 Å². The number of anilines is 1. The topological polar surface area (TPSA) is 66.4 Å². The van der Waals surface area contributed by atoms with Gasteiger partial charge in [-0.3, -0.25) is 9.59 Å². The number of benzene rings is 1. The van der Waals surface area contributed by atoms with E-state index in [1.54, 1.807) is 0 Å². The van der Waals surface area contributed by atoms with Gasteiger partial charge in [-0.2, -0.15) is 0 Å². The van der Waals surface area contributed by atoms with Crippen LogP contribution in [-0.2, 0) is 9.59 Å². The van der Waals surface area contributed by atoms with Crippen LogP contribution in [0, 0.1) is 24.7 Å².